The van der Waals surface area contributed by atoms with Gasteiger partial charge in [-0.05, 0) is 33.6 Å². The molecule has 2 rings (SSSR count). The van der Waals surface area contributed by atoms with Gasteiger partial charge in [0.25, 0.3) is 0 Å². The van der Waals surface area contributed by atoms with E-state index in [-0.39, 0.29) is 10.6 Å². The molecule has 1 atom stereocenters. The largest absolute Gasteiger partial charge is 0.481 e. The molecule has 0 aliphatic heterocycles. The highest BCUT2D eigenvalue weighted by Gasteiger charge is 2.12. The second kappa shape index (κ2) is 6.43. The average molecular weight is 390 g/mol. The summed E-state index contributed by atoms with van der Waals surface area (Å²) in [7, 11) is 1.56. The van der Waals surface area contributed by atoms with Gasteiger partial charge in [0.1, 0.15) is 12.1 Å². The average Bonchev–Trinajstić information content (AvgIpc) is 2.42. The van der Waals surface area contributed by atoms with Crippen molar-refractivity contribution in [2.45, 2.75) is 11.2 Å². The molecule has 19 heavy (non-hydrogen) atoms. The van der Waals surface area contributed by atoms with Gasteiger partial charge in [-0.1, -0.05) is 22.0 Å². The van der Waals surface area contributed by atoms with Crippen LogP contribution in [-0.4, -0.2) is 17.1 Å². The second-order valence-electron chi connectivity index (χ2n) is 3.90. The Morgan fingerprint density at radius 1 is 1.32 bits per heavy atom. The van der Waals surface area contributed by atoms with E-state index in [4.69, 9.17) is 4.74 Å². The zero-order chi connectivity index (χ0) is 13.8. The monoisotopic (exact) mass is 388 g/mol. The van der Waals surface area contributed by atoms with Gasteiger partial charge in [-0.3, -0.25) is 0 Å². The second-order valence-corrected chi connectivity index (χ2v) is 5.86. The first-order chi connectivity index (χ1) is 9.10. The minimum Gasteiger partial charge on any atom is -0.481 e. The van der Waals surface area contributed by atoms with Crippen LogP contribution in [0.2, 0.25) is 0 Å². The van der Waals surface area contributed by atoms with E-state index in [9.17, 15) is 4.39 Å². The summed E-state index contributed by atoms with van der Waals surface area (Å²) < 4.78 is 18.7. The highest BCUT2D eigenvalue weighted by Crippen LogP contribution is 2.29. The Bertz CT molecular complexity index is 580. The molecule has 3 nitrogen and oxygen atoms in total. The topological polar surface area (TPSA) is 35.0 Å². The first kappa shape index (κ1) is 14.4. The molecule has 1 aromatic heterocycles. The van der Waals surface area contributed by atoms with E-state index in [1.165, 1.54) is 12.4 Å². The van der Waals surface area contributed by atoms with Crippen LogP contribution < -0.4 is 4.74 Å². The van der Waals surface area contributed by atoms with Crippen molar-refractivity contribution in [1.82, 2.24) is 9.97 Å². The maximum Gasteiger partial charge on any atom is 0.216 e. The van der Waals surface area contributed by atoms with Gasteiger partial charge in [0.2, 0.25) is 5.88 Å². The van der Waals surface area contributed by atoms with E-state index in [0.717, 1.165) is 11.3 Å². The van der Waals surface area contributed by atoms with Gasteiger partial charge in [-0.2, -0.15) is 0 Å². The molecular formula is C13H11Br2FN2O. The lowest BCUT2D eigenvalue weighted by atomic mass is 10.1. The van der Waals surface area contributed by atoms with Gasteiger partial charge >= 0.3 is 0 Å². The smallest absolute Gasteiger partial charge is 0.216 e. The summed E-state index contributed by atoms with van der Waals surface area (Å²) in [6.07, 6.45) is 2.13. The summed E-state index contributed by atoms with van der Waals surface area (Å²) >= 11 is 6.76. The number of hydrogen-bond donors (Lipinski definition) is 0. The van der Waals surface area contributed by atoms with Crippen molar-refractivity contribution in [3.05, 3.63) is 52.1 Å². The van der Waals surface area contributed by atoms with Crippen LogP contribution in [0.4, 0.5) is 4.39 Å². The van der Waals surface area contributed by atoms with Crippen molar-refractivity contribution in [3.8, 4) is 5.88 Å². The van der Waals surface area contributed by atoms with Crippen LogP contribution in [0.15, 0.2) is 35.1 Å². The van der Waals surface area contributed by atoms with Crippen molar-refractivity contribution < 1.29 is 9.13 Å². The van der Waals surface area contributed by atoms with E-state index < -0.39 is 0 Å². The minimum atomic E-state index is -0.271. The van der Waals surface area contributed by atoms with E-state index >= 15 is 0 Å². The number of benzene rings is 1. The molecule has 1 unspecified atom stereocenters. The molecule has 0 saturated carbocycles. The molecule has 1 aromatic carbocycles. The lowest BCUT2D eigenvalue weighted by molar-refractivity contribution is 0.396. The normalized spacial score (nSPS) is 12.2. The molecular weight excluding hydrogens is 379 g/mol. The van der Waals surface area contributed by atoms with Crippen molar-refractivity contribution in [2.75, 3.05) is 7.11 Å². The third-order valence-corrected chi connectivity index (χ3v) is 4.06. The summed E-state index contributed by atoms with van der Waals surface area (Å²) in [5.74, 6) is 0.261. The van der Waals surface area contributed by atoms with E-state index in [2.05, 4.69) is 41.8 Å². The van der Waals surface area contributed by atoms with E-state index in [1.54, 1.807) is 25.3 Å². The number of methoxy groups -OCH3 is 1. The van der Waals surface area contributed by atoms with Gasteiger partial charge in [-0.25, -0.2) is 14.4 Å². The molecule has 0 N–H and O–H groups in total. The predicted molar refractivity (Wildman–Crippen MR) is 78.1 cm³/mol. The predicted octanol–water partition coefficient (Wildman–Crippen LogP) is 4.07. The van der Waals surface area contributed by atoms with E-state index in [1.807, 2.05) is 0 Å². The maximum atomic E-state index is 13.2. The van der Waals surface area contributed by atoms with Gasteiger partial charge in [0.15, 0.2) is 0 Å². The minimum absolute atomic E-state index is 0.0454. The first-order valence-corrected chi connectivity index (χ1v) is 7.25. The van der Waals surface area contributed by atoms with Gasteiger partial charge < -0.3 is 4.74 Å². The molecule has 0 aliphatic rings. The van der Waals surface area contributed by atoms with Gasteiger partial charge in [-0.15, -0.1) is 0 Å². The molecule has 2 aromatic rings. The number of hydrogen-bond acceptors (Lipinski definition) is 3. The number of ether oxygens (including phenoxy) is 1. The molecule has 0 radical (unpaired) electrons. The van der Waals surface area contributed by atoms with Crippen LogP contribution in [0.25, 0.3) is 0 Å². The Morgan fingerprint density at radius 2 is 2.11 bits per heavy atom. The molecule has 0 amide bonds. The molecule has 0 bridgehead atoms. The van der Waals surface area contributed by atoms with Crippen LogP contribution in [0.5, 0.6) is 5.88 Å². The number of alkyl halides is 1. The number of halogens is 3. The Kier molecular flexibility index (Phi) is 4.87. The zero-order valence-electron chi connectivity index (χ0n) is 10.1. The molecule has 100 valence electrons. The SMILES string of the molecule is COc1cc(CC(Br)c2ccc(F)c(Br)c2)ncn1. The number of nitrogens with zero attached hydrogens (tertiary/aromatic N) is 2. The van der Waals surface area contributed by atoms with Crippen LogP contribution in [-0.2, 0) is 6.42 Å². The third kappa shape index (κ3) is 3.73. The fourth-order valence-corrected chi connectivity index (χ4v) is 2.62. The molecule has 0 aliphatic carbocycles. The first-order valence-electron chi connectivity index (χ1n) is 5.54. The van der Waals surface area contributed by atoms with Crippen molar-refractivity contribution >= 4 is 31.9 Å². The number of aromatic nitrogens is 2. The highest BCUT2D eigenvalue weighted by atomic mass is 79.9. The van der Waals surface area contributed by atoms with Gasteiger partial charge in [0, 0.05) is 23.0 Å². The standard InChI is InChI=1S/C13H11Br2FN2O/c1-19-13-6-9(17-7-18-13)5-10(14)8-2-3-12(16)11(15)4-8/h2-4,6-7,10H,5H2,1H3. The molecule has 6 heteroatoms. The van der Waals surface area contributed by atoms with Crippen molar-refractivity contribution in [3.63, 3.8) is 0 Å². The summed E-state index contributed by atoms with van der Waals surface area (Å²) in [4.78, 5) is 8.19. The van der Waals surface area contributed by atoms with Crippen LogP contribution >= 0.6 is 31.9 Å². The van der Waals surface area contributed by atoms with Crippen LogP contribution in [0, 0.1) is 5.82 Å². The quantitative estimate of drug-likeness (QED) is 0.739. The molecule has 0 fully saturated rings. The zero-order valence-corrected chi connectivity index (χ0v) is 13.3. The number of rotatable bonds is 4. The van der Waals surface area contributed by atoms with Gasteiger partial charge in [0.05, 0.1) is 11.6 Å². The highest BCUT2D eigenvalue weighted by molar-refractivity contribution is 9.10. The fourth-order valence-electron chi connectivity index (χ4n) is 1.61. The summed E-state index contributed by atoms with van der Waals surface area (Å²) in [6.45, 7) is 0. The lowest BCUT2D eigenvalue weighted by Crippen LogP contribution is -2.00. The van der Waals surface area contributed by atoms with Crippen molar-refractivity contribution in [1.29, 1.82) is 0 Å². The summed E-state index contributed by atoms with van der Waals surface area (Å²) in [5, 5.41) is 0. The summed E-state index contributed by atoms with van der Waals surface area (Å²) in [5.41, 5.74) is 1.83. The lowest BCUT2D eigenvalue weighted by Gasteiger charge is -2.11. The van der Waals surface area contributed by atoms with Crippen molar-refractivity contribution in [2.24, 2.45) is 0 Å². The molecule has 1 heterocycles. The van der Waals surface area contributed by atoms with E-state index in [0.29, 0.717) is 16.8 Å². The Hall–Kier alpha value is -1.01. The van der Waals surface area contributed by atoms with Crippen LogP contribution in [0.1, 0.15) is 16.1 Å². The Labute approximate surface area is 127 Å². The third-order valence-electron chi connectivity index (χ3n) is 2.60. The Balaban J connectivity index is 2.15. The summed E-state index contributed by atoms with van der Waals surface area (Å²) in [6, 6.07) is 6.73. The molecule has 0 saturated heterocycles. The Morgan fingerprint density at radius 3 is 2.79 bits per heavy atom. The molecule has 0 spiro atoms. The maximum absolute atomic E-state index is 13.2. The van der Waals surface area contributed by atoms with Crippen LogP contribution in [0.3, 0.4) is 0 Å². The fraction of sp³-hybridized carbons (Fsp3) is 0.231.